The molecule has 0 spiro atoms. The van der Waals surface area contributed by atoms with Crippen LogP contribution in [0, 0.1) is 0 Å². The van der Waals surface area contributed by atoms with Crippen molar-refractivity contribution in [2.24, 2.45) is 0 Å². The van der Waals surface area contributed by atoms with Crippen LogP contribution in [0.25, 0.3) is 0 Å². The molecule has 0 heterocycles. The summed E-state index contributed by atoms with van der Waals surface area (Å²) in [6.45, 7) is 0.184. The van der Waals surface area contributed by atoms with Gasteiger partial charge in [-0.2, -0.15) is 12.6 Å². The van der Waals surface area contributed by atoms with E-state index in [0.717, 1.165) is 0 Å². The summed E-state index contributed by atoms with van der Waals surface area (Å²) < 4.78 is 0. The monoisotopic (exact) mass is 272 g/mol. The van der Waals surface area contributed by atoms with Crippen molar-refractivity contribution in [3.63, 3.8) is 0 Å². The fourth-order valence-corrected chi connectivity index (χ4v) is 0. The number of aliphatic hydroxyl groups is 1. The Kier molecular flexibility index (Phi) is 41.4. The van der Waals surface area contributed by atoms with E-state index in [4.69, 9.17) is 5.11 Å². The van der Waals surface area contributed by atoms with E-state index in [-0.39, 0.29) is 51.0 Å². The Hall–Kier alpha value is 1.75. The minimum atomic E-state index is 0. The molecule has 4 heteroatoms. The smallest absolute Gasteiger partial charge is 2.00 e. The molecule has 0 amide bonds. The number of aliphatic hydroxyl groups excluding tert-OH is 1. The normalized spacial score (nSPS) is 5.00. The van der Waals surface area contributed by atoms with Gasteiger partial charge in [0.2, 0.25) is 0 Å². The van der Waals surface area contributed by atoms with E-state index in [9.17, 15) is 0 Å². The largest absolute Gasteiger partial charge is 2.00 e. The quantitative estimate of drug-likeness (QED) is 0.487. The Balaban J connectivity index is -0.0000000450. The zero-order chi connectivity index (χ0) is 3.41. The van der Waals surface area contributed by atoms with Crippen LogP contribution in [0.5, 0.6) is 0 Å². The molecule has 0 aromatic carbocycles. The molecule has 0 atom stereocenters. The predicted molar refractivity (Wildman–Crippen MR) is 26.7 cm³/mol. The maximum Gasteiger partial charge on any atom is 2.00 e. The maximum absolute atomic E-state index is 7.80. The van der Waals surface area contributed by atoms with Gasteiger partial charge in [-0.15, -0.1) is 0 Å². The van der Waals surface area contributed by atoms with Crippen LogP contribution < -0.4 is 0 Å². The van der Waals surface area contributed by atoms with Gasteiger partial charge in [-0.25, -0.2) is 0 Å². The fourth-order valence-electron chi connectivity index (χ4n) is 0. The third kappa shape index (κ3) is 17.2. The van der Waals surface area contributed by atoms with E-state index < -0.39 is 0 Å². The number of rotatable bonds is 1. The molecule has 0 fully saturated rings. The Morgan fingerprint density at radius 1 is 1.50 bits per heavy atom. The molecule has 0 rings (SSSR count). The van der Waals surface area contributed by atoms with Crippen molar-refractivity contribution in [3.8, 4) is 0 Å². The third-order valence-corrected chi connectivity index (χ3v) is 0.300. The Morgan fingerprint density at radius 2 is 1.67 bits per heavy atom. The average molecular weight is 270 g/mol. The van der Waals surface area contributed by atoms with Crippen molar-refractivity contribution in [3.05, 3.63) is 0 Å². The summed E-state index contributed by atoms with van der Waals surface area (Å²) in [7, 11) is 0. The van der Waals surface area contributed by atoms with Gasteiger partial charge >= 0.3 is 27.3 Å². The number of thiol groups is 1. The van der Waals surface area contributed by atoms with E-state index in [2.05, 4.69) is 12.6 Å². The molecule has 1 N–H and O–H groups in total. The Morgan fingerprint density at radius 3 is 1.67 bits per heavy atom. The molecule has 0 saturated heterocycles. The van der Waals surface area contributed by atoms with Crippen LogP contribution in [0.1, 0.15) is 0 Å². The van der Waals surface area contributed by atoms with Gasteiger partial charge in [0, 0.05) is 5.75 Å². The zero-order valence-electron chi connectivity index (χ0n) is 3.42. The molecule has 0 aliphatic rings. The maximum atomic E-state index is 7.80. The molecule has 6 heavy (non-hydrogen) atoms. The van der Waals surface area contributed by atoms with Crippen LogP contribution in [-0.4, -0.2) is 34.5 Å². The van der Waals surface area contributed by atoms with Crippen LogP contribution in [0.2, 0.25) is 0 Å². The minimum absolute atomic E-state index is 0. The van der Waals surface area contributed by atoms with Gasteiger partial charge in [0.05, 0.1) is 6.61 Å². The summed E-state index contributed by atoms with van der Waals surface area (Å²) in [5.74, 6) is 0.569. The molecule has 0 unspecified atom stereocenters. The molecular formula is C2H6CdOSSe. The molecule has 0 aliphatic heterocycles. The van der Waals surface area contributed by atoms with Gasteiger partial charge in [-0.05, 0) is 0 Å². The second-order valence-corrected chi connectivity index (χ2v) is 0.894. The molecule has 0 bridgehead atoms. The van der Waals surface area contributed by atoms with Crippen molar-refractivity contribution in [2.75, 3.05) is 12.4 Å². The minimum Gasteiger partial charge on any atom is -2.00 e. The standard InChI is InChI=1S/C2H6OS.Cd.Se/c3-1-2-4;;/h3-4H,1-2H2;;/q;+2;-2. The second kappa shape index (κ2) is 15.9. The van der Waals surface area contributed by atoms with E-state index in [1.54, 1.807) is 0 Å². The zero-order valence-corrected chi connectivity index (χ0v) is 10.1. The van der Waals surface area contributed by atoms with Gasteiger partial charge in [0.15, 0.2) is 0 Å². The molecule has 1 nitrogen and oxygen atoms in total. The second-order valence-electron chi connectivity index (χ2n) is 0.447. The summed E-state index contributed by atoms with van der Waals surface area (Å²) in [6.07, 6.45) is 0. The van der Waals surface area contributed by atoms with Gasteiger partial charge in [-0.3, -0.25) is 0 Å². The summed E-state index contributed by atoms with van der Waals surface area (Å²) in [4.78, 5) is 0. The first-order valence-corrected chi connectivity index (χ1v) is 1.76. The summed E-state index contributed by atoms with van der Waals surface area (Å²) in [6, 6.07) is 0. The fraction of sp³-hybridized carbons (Fsp3) is 1.00. The average Bonchev–Trinajstić information content (AvgIpc) is 1.37. The number of hydrogen-bond acceptors (Lipinski definition) is 2. The molecule has 0 aromatic heterocycles. The van der Waals surface area contributed by atoms with Gasteiger partial charge in [-0.1, -0.05) is 0 Å². The topological polar surface area (TPSA) is 20.2 Å². The van der Waals surface area contributed by atoms with Gasteiger partial charge < -0.3 is 22.2 Å². The first-order valence-electron chi connectivity index (χ1n) is 1.13. The van der Waals surface area contributed by atoms with Crippen molar-refractivity contribution in [1.82, 2.24) is 0 Å². The molecular weight excluding hydrogens is 263 g/mol. The molecule has 0 saturated carbocycles. The van der Waals surface area contributed by atoms with Crippen LogP contribution >= 0.6 is 12.6 Å². The Labute approximate surface area is 73.9 Å². The van der Waals surface area contributed by atoms with Crippen molar-refractivity contribution in [1.29, 1.82) is 0 Å². The molecule has 0 radical (unpaired) electrons. The van der Waals surface area contributed by atoms with Crippen LogP contribution in [0.3, 0.4) is 0 Å². The van der Waals surface area contributed by atoms with Gasteiger partial charge in [0.25, 0.3) is 0 Å². The van der Waals surface area contributed by atoms with Crippen molar-refractivity contribution < 1.29 is 32.4 Å². The van der Waals surface area contributed by atoms with Gasteiger partial charge in [0.1, 0.15) is 0 Å². The van der Waals surface area contributed by atoms with Crippen molar-refractivity contribution >= 4 is 29.7 Å². The summed E-state index contributed by atoms with van der Waals surface area (Å²) in [5, 5.41) is 7.80. The summed E-state index contributed by atoms with van der Waals surface area (Å²) in [5.41, 5.74) is 0. The summed E-state index contributed by atoms with van der Waals surface area (Å²) >= 11 is 3.67. The van der Waals surface area contributed by atoms with E-state index >= 15 is 0 Å². The first kappa shape index (κ1) is 15.7. The predicted octanol–water partition coefficient (Wildman–Crippen LogP) is -0.475. The van der Waals surface area contributed by atoms with Crippen LogP contribution in [0.4, 0.5) is 0 Å². The Bertz CT molecular complexity index is 15.5. The third-order valence-electron chi connectivity index (χ3n) is 0.1000. The molecule has 34 valence electrons. The van der Waals surface area contributed by atoms with E-state index in [1.165, 1.54) is 0 Å². The molecule has 0 aliphatic carbocycles. The first-order chi connectivity index (χ1) is 1.91. The number of hydrogen-bond donors (Lipinski definition) is 2. The van der Waals surface area contributed by atoms with Crippen LogP contribution in [-0.2, 0) is 27.3 Å². The van der Waals surface area contributed by atoms with E-state index in [0.29, 0.717) is 5.75 Å². The van der Waals surface area contributed by atoms with Crippen molar-refractivity contribution in [2.45, 2.75) is 0 Å². The molecule has 0 aromatic rings. The SMILES string of the molecule is OCCS.[Cd+2].[Se-2]. The van der Waals surface area contributed by atoms with Crippen LogP contribution in [0.15, 0.2) is 0 Å². The van der Waals surface area contributed by atoms with E-state index in [1.807, 2.05) is 0 Å².